The summed E-state index contributed by atoms with van der Waals surface area (Å²) in [7, 11) is 1.30. The largest absolute Gasteiger partial charge is 0.465 e. The Balaban J connectivity index is 2.46. The number of ether oxygens (including phenoxy) is 1. The Morgan fingerprint density at radius 3 is 2.81 bits per heavy atom. The van der Waals surface area contributed by atoms with Crippen molar-refractivity contribution >= 4 is 17.3 Å². The van der Waals surface area contributed by atoms with Crippen molar-refractivity contribution in [2.75, 3.05) is 18.6 Å². The number of carbonyl (C=O) groups is 1. The van der Waals surface area contributed by atoms with Crippen molar-refractivity contribution in [1.82, 2.24) is 0 Å². The second-order valence-electron chi connectivity index (χ2n) is 5.34. The van der Waals surface area contributed by atoms with Crippen molar-refractivity contribution in [2.45, 2.75) is 38.6 Å². The number of methoxy groups -OCH3 is 1. The van der Waals surface area contributed by atoms with Gasteiger partial charge in [0.05, 0.1) is 17.6 Å². The summed E-state index contributed by atoms with van der Waals surface area (Å²) in [4.78, 5) is 24.6. The standard InChI is InChI=1S/C15H20N2O4/c1-11-6-4-3-5-9-16(11)14-10-12(15(18)21-2)7-8-13(14)17(19)20/h7-8,10-11H,3-6,9H2,1-2H3. The molecule has 1 saturated heterocycles. The van der Waals surface area contributed by atoms with Gasteiger partial charge in [0.1, 0.15) is 5.69 Å². The van der Waals surface area contributed by atoms with Gasteiger partial charge in [-0.3, -0.25) is 10.1 Å². The molecule has 0 amide bonds. The maximum absolute atomic E-state index is 11.7. The van der Waals surface area contributed by atoms with E-state index < -0.39 is 10.9 Å². The zero-order valence-corrected chi connectivity index (χ0v) is 12.4. The van der Waals surface area contributed by atoms with Gasteiger partial charge >= 0.3 is 5.97 Å². The Hall–Kier alpha value is -2.11. The summed E-state index contributed by atoms with van der Waals surface area (Å²) in [5.41, 5.74) is 0.892. The number of benzene rings is 1. The number of nitro groups is 1. The summed E-state index contributed by atoms with van der Waals surface area (Å²) in [6.07, 6.45) is 4.26. The van der Waals surface area contributed by atoms with Crippen molar-refractivity contribution in [2.24, 2.45) is 0 Å². The van der Waals surface area contributed by atoms with E-state index in [1.807, 2.05) is 4.90 Å². The highest BCUT2D eigenvalue weighted by molar-refractivity contribution is 5.91. The number of carbonyl (C=O) groups excluding carboxylic acids is 1. The monoisotopic (exact) mass is 292 g/mol. The molecule has 114 valence electrons. The predicted molar refractivity (Wildman–Crippen MR) is 79.7 cm³/mol. The summed E-state index contributed by atoms with van der Waals surface area (Å²) in [6, 6.07) is 4.63. The van der Waals surface area contributed by atoms with Gasteiger partial charge in [0.15, 0.2) is 0 Å². The lowest BCUT2D eigenvalue weighted by Crippen LogP contribution is -2.33. The van der Waals surface area contributed by atoms with Crippen LogP contribution in [0.15, 0.2) is 18.2 Å². The summed E-state index contributed by atoms with van der Waals surface area (Å²) >= 11 is 0. The number of nitro benzene ring substituents is 1. The van der Waals surface area contributed by atoms with Crippen LogP contribution in [-0.4, -0.2) is 30.6 Å². The first kappa shape index (κ1) is 15.3. The highest BCUT2D eigenvalue weighted by Gasteiger charge is 2.26. The molecule has 1 heterocycles. The van der Waals surface area contributed by atoms with E-state index in [1.165, 1.54) is 19.2 Å². The maximum Gasteiger partial charge on any atom is 0.337 e. The Morgan fingerprint density at radius 1 is 1.38 bits per heavy atom. The molecule has 0 spiro atoms. The van der Waals surface area contributed by atoms with Crippen molar-refractivity contribution < 1.29 is 14.5 Å². The molecule has 2 rings (SSSR count). The Kier molecular flexibility index (Phi) is 4.77. The van der Waals surface area contributed by atoms with E-state index in [9.17, 15) is 14.9 Å². The highest BCUT2D eigenvalue weighted by Crippen LogP contribution is 2.33. The molecule has 1 atom stereocenters. The van der Waals surface area contributed by atoms with Gasteiger partial charge < -0.3 is 9.64 Å². The molecule has 1 fully saturated rings. The van der Waals surface area contributed by atoms with Gasteiger partial charge in [0.25, 0.3) is 5.69 Å². The van der Waals surface area contributed by atoms with E-state index in [4.69, 9.17) is 4.74 Å². The van der Waals surface area contributed by atoms with Crippen molar-refractivity contribution in [3.05, 3.63) is 33.9 Å². The fraction of sp³-hybridized carbons (Fsp3) is 0.533. The molecule has 1 aromatic carbocycles. The zero-order valence-electron chi connectivity index (χ0n) is 12.4. The molecule has 1 aliphatic rings. The second-order valence-corrected chi connectivity index (χ2v) is 5.34. The molecule has 1 unspecified atom stereocenters. The van der Waals surface area contributed by atoms with Gasteiger partial charge in [0.2, 0.25) is 0 Å². The predicted octanol–water partition coefficient (Wildman–Crippen LogP) is 3.15. The van der Waals surface area contributed by atoms with Crippen molar-refractivity contribution in [3.63, 3.8) is 0 Å². The second kappa shape index (κ2) is 6.56. The lowest BCUT2D eigenvalue weighted by atomic mass is 10.1. The summed E-state index contributed by atoms with van der Waals surface area (Å²) in [6.45, 7) is 2.84. The third-order valence-electron chi connectivity index (χ3n) is 3.96. The zero-order chi connectivity index (χ0) is 15.4. The average Bonchev–Trinajstić information content (AvgIpc) is 2.70. The van der Waals surface area contributed by atoms with Crippen LogP contribution in [0, 0.1) is 10.1 Å². The van der Waals surface area contributed by atoms with Crippen LogP contribution in [0.3, 0.4) is 0 Å². The van der Waals surface area contributed by atoms with E-state index in [-0.39, 0.29) is 11.7 Å². The highest BCUT2D eigenvalue weighted by atomic mass is 16.6. The molecule has 0 bridgehead atoms. The van der Waals surface area contributed by atoms with E-state index in [2.05, 4.69) is 6.92 Å². The maximum atomic E-state index is 11.7. The number of anilines is 1. The van der Waals surface area contributed by atoms with Gasteiger partial charge in [-0.1, -0.05) is 12.8 Å². The SMILES string of the molecule is COC(=O)c1ccc([N+](=O)[O-])c(N2CCCCCC2C)c1. The van der Waals surface area contributed by atoms with Gasteiger partial charge in [0, 0.05) is 18.7 Å². The molecule has 0 saturated carbocycles. The van der Waals surface area contributed by atoms with E-state index >= 15 is 0 Å². The van der Waals surface area contributed by atoms with E-state index in [0.29, 0.717) is 11.3 Å². The van der Waals surface area contributed by atoms with Crippen LogP contribution in [0.5, 0.6) is 0 Å². The lowest BCUT2D eigenvalue weighted by Gasteiger charge is -2.29. The third-order valence-corrected chi connectivity index (χ3v) is 3.96. The molecule has 0 aromatic heterocycles. The van der Waals surface area contributed by atoms with Crippen molar-refractivity contribution in [3.8, 4) is 0 Å². The summed E-state index contributed by atoms with van der Waals surface area (Å²) < 4.78 is 4.70. The fourth-order valence-electron chi connectivity index (χ4n) is 2.79. The molecule has 1 aliphatic heterocycles. The lowest BCUT2D eigenvalue weighted by molar-refractivity contribution is -0.384. The molecule has 6 heteroatoms. The fourth-order valence-corrected chi connectivity index (χ4v) is 2.79. The minimum absolute atomic E-state index is 0.0383. The van der Waals surface area contributed by atoms with Crippen LogP contribution in [0.25, 0.3) is 0 Å². The van der Waals surface area contributed by atoms with E-state index in [1.54, 1.807) is 6.07 Å². The first-order valence-corrected chi connectivity index (χ1v) is 7.18. The molecular formula is C15H20N2O4. The number of esters is 1. The van der Waals surface area contributed by atoms with Crippen LogP contribution in [0.4, 0.5) is 11.4 Å². The number of nitrogens with zero attached hydrogens (tertiary/aromatic N) is 2. The smallest absolute Gasteiger partial charge is 0.337 e. The quantitative estimate of drug-likeness (QED) is 0.486. The topological polar surface area (TPSA) is 72.7 Å². The van der Waals surface area contributed by atoms with Crippen LogP contribution >= 0.6 is 0 Å². The molecule has 6 nitrogen and oxygen atoms in total. The van der Waals surface area contributed by atoms with Crippen LogP contribution in [0.1, 0.15) is 43.0 Å². The number of hydrogen-bond donors (Lipinski definition) is 0. The average molecular weight is 292 g/mol. The summed E-state index contributed by atoms with van der Waals surface area (Å²) in [5, 5.41) is 11.3. The summed E-state index contributed by atoms with van der Waals surface area (Å²) in [5.74, 6) is -0.478. The molecule has 0 aliphatic carbocycles. The Morgan fingerprint density at radius 2 is 2.14 bits per heavy atom. The van der Waals surface area contributed by atoms with E-state index in [0.717, 1.165) is 32.2 Å². The van der Waals surface area contributed by atoms with Gasteiger partial charge in [-0.15, -0.1) is 0 Å². The molecular weight excluding hydrogens is 272 g/mol. The molecule has 0 N–H and O–H groups in total. The van der Waals surface area contributed by atoms with Crippen LogP contribution < -0.4 is 4.90 Å². The molecule has 0 radical (unpaired) electrons. The first-order chi connectivity index (χ1) is 10.0. The normalized spacial score (nSPS) is 19.0. The van der Waals surface area contributed by atoms with Crippen LogP contribution in [-0.2, 0) is 4.74 Å². The molecule has 1 aromatic rings. The van der Waals surface area contributed by atoms with Gasteiger partial charge in [-0.2, -0.15) is 0 Å². The Labute approximate surface area is 123 Å². The minimum Gasteiger partial charge on any atom is -0.465 e. The number of hydrogen-bond acceptors (Lipinski definition) is 5. The van der Waals surface area contributed by atoms with Gasteiger partial charge in [-0.05, 0) is 31.9 Å². The molecule has 21 heavy (non-hydrogen) atoms. The van der Waals surface area contributed by atoms with Gasteiger partial charge in [-0.25, -0.2) is 4.79 Å². The third kappa shape index (κ3) is 3.32. The van der Waals surface area contributed by atoms with Crippen molar-refractivity contribution in [1.29, 1.82) is 0 Å². The minimum atomic E-state index is -0.478. The first-order valence-electron chi connectivity index (χ1n) is 7.18. The Bertz CT molecular complexity index is 544. The van der Waals surface area contributed by atoms with Crippen LogP contribution in [0.2, 0.25) is 0 Å². The number of rotatable bonds is 3.